The molecular weight excluding hydrogens is 385 g/mol. The Morgan fingerprint density at radius 1 is 0.815 bits per heavy atom. The van der Waals surface area contributed by atoms with Crippen molar-refractivity contribution >= 4 is 46.4 Å². The van der Waals surface area contributed by atoms with Gasteiger partial charge in [0.25, 0.3) is 5.91 Å². The van der Waals surface area contributed by atoms with Gasteiger partial charge >= 0.3 is 0 Å². The van der Waals surface area contributed by atoms with Crippen molar-refractivity contribution < 1.29 is 9.59 Å². The minimum Gasteiger partial charge on any atom is -0.369 e. The summed E-state index contributed by atoms with van der Waals surface area (Å²) in [5.41, 5.74) is 1.66. The van der Waals surface area contributed by atoms with Gasteiger partial charge in [-0.15, -0.1) is 0 Å². The first-order chi connectivity index (χ1) is 13.0. The van der Waals surface area contributed by atoms with Crippen LogP contribution in [0, 0.1) is 0 Å². The maximum atomic E-state index is 12.9. The van der Waals surface area contributed by atoms with Gasteiger partial charge in [0.15, 0.2) is 0 Å². The standard InChI is InChI=1S/C20H19Cl2N3O2/c21-16-7-6-15(12-17(16)22)23-8-10-24(11-9-23)18-13-19(26)25(20(18)27)14-4-2-1-3-5-14/h1-7,12,18H,8-11,13H2/t18-/m0/s1. The first-order valence-electron chi connectivity index (χ1n) is 8.90. The number of piperazine rings is 1. The lowest BCUT2D eigenvalue weighted by atomic mass is 10.1. The predicted octanol–water partition coefficient (Wildman–Crippen LogP) is 3.45. The van der Waals surface area contributed by atoms with Gasteiger partial charge in [-0.05, 0) is 30.3 Å². The van der Waals surface area contributed by atoms with Crippen LogP contribution in [0.1, 0.15) is 6.42 Å². The van der Waals surface area contributed by atoms with Gasteiger partial charge < -0.3 is 4.90 Å². The zero-order valence-electron chi connectivity index (χ0n) is 14.6. The van der Waals surface area contributed by atoms with E-state index < -0.39 is 0 Å². The number of carbonyl (C=O) groups is 2. The van der Waals surface area contributed by atoms with Gasteiger partial charge in [0, 0.05) is 31.9 Å². The van der Waals surface area contributed by atoms with Crippen molar-refractivity contribution in [2.45, 2.75) is 12.5 Å². The van der Waals surface area contributed by atoms with E-state index in [2.05, 4.69) is 9.80 Å². The van der Waals surface area contributed by atoms with Crippen molar-refractivity contribution in [3.63, 3.8) is 0 Å². The van der Waals surface area contributed by atoms with Crippen molar-refractivity contribution in [1.82, 2.24) is 4.90 Å². The zero-order chi connectivity index (χ0) is 19.0. The number of halogens is 2. The highest BCUT2D eigenvalue weighted by molar-refractivity contribution is 6.42. The number of hydrogen-bond acceptors (Lipinski definition) is 4. The SMILES string of the molecule is O=C1C[C@H](N2CCN(c3ccc(Cl)c(Cl)c3)CC2)C(=O)N1c1ccccc1. The molecule has 0 spiro atoms. The second-order valence-electron chi connectivity index (χ2n) is 6.74. The van der Waals surface area contributed by atoms with Crippen molar-refractivity contribution in [2.75, 3.05) is 36.0 Å². The predicted molar refractivity (Wildman–Crippen MR) is 108 cm³/mol. The average Bonchev–Trinajstić information content (AvgIpc) is 2.99. The van der Waals surface area contributed by atoms with Crippen molar-refractivity contribution in [3.05, 3.63) is 58.6 Å². The lowest BCUT2D eigenvalue weighted by Gasteiger charge is -2.38. The van der Waals surface area contributed by atoms with E-state index in [1.807, 2.05) is 30.3 Å². The molecule has 27 heavy (non-hydrogen) atoms. The highest BCUT2D eigenvalue weighted by Crippen LogP contribution is 2.29. The molecule has 2 saturated heterocycles. The van der Waals surface area contributed by atoms with E-state index in [1.165, 1.54) is 4.90 Å². The van der Waals surface area contributed by atoms with Crippen LogP contribution < -0.4 is 9.80 Å². The Balaban J connectivity index is 1.43. The molecule has 2 heterocycles. The summed E-state index contributed by atoms with van der Waals surface area (Å²) in [5, 5.41) is 1.07. The smallest absolute Gasteiger partial charge is 0.251 e. The number of carbonyl (C=O) groups excluding carboxylic acids is 2. The largest absolute Gasteiger partial charge is 0.369 e. The van der Waals surface area contributed by atoms with E-state index in [4.69, 9.17) is 23.2 Å². The molecule has 5 nitrogen and oxygen atoms in total. The summed E-state index contributed by atoms with van der Waals surface area (Å²) < 4.78 is 0. The molecule has 0 aliphatic carbocycles. The van der Waals surface area contributed by atoms with Crippen molar-refractivity contribution in [3.8, 4) is 0 Å². The topological polar surface area (TPSA) is 43.9 Å². The molecular formula is C20H19Cl2N3O2. The van der Waals surface area contributed by atoms with Crippen molar-refractivity contribution in [1.29, 1.82) is 0 Å². The van der Waals surface area contributed by atoms with Crippen LogP contribution in [-0.2, 0) is 9.59 Å². The Bertz CT molecular complexity index is 867. The van der Waals surface area contributed by atoms with E-state index in [1.54, 1.807) is 18.2 Å². The van der Waals surface area contributed by atoms with Crippen LogP contribution in [-0.4, -0.2) is 48.9 Å². The number of para-hydroxylation sites is 1. The van der Waals surface area contributed by atoms with Crippen LogP contribution in [0.15, 0.2) is 48.5 Å². The monoisotopic (exact) mass is 403 g/mol. The van der Waals surface area contributed by atoms with E-state index in [0.717, 1.165) is 18.8 Å². The molecule has 2 aromatic rings. The molecule has 2 aliphatic heterocycles. The molecule has 2 aromatic carbocycles. The van der Waals surface area contributed by atoms with Crippen LogP contribution >= 0.6 is 23.2 Å². The minimum absolute atomic E-state index is 0.130. The second kappa shape index (κ2) is 7.50. The summed E-state index contributed by atoms with van der Waals surface area (Å²) in [4.78, 5) is 30.9. The number of nitrogens with zero attached hydrogens (tertiary/aromatic N) is 3. The van der Waals surface area contributed by atoms with Gasteiger partial charge in [0.1, 0.15) is 0 Å². The van der Waals surface area contributed by atoms with Gasteiger partial charge in [-0.1, -0.05) is 41.4 Å². The molecule has 0 saturated carbocycles. The summed E-state index contributed by atoms with van der Waals surface area (Å²) in [7, 11) is 0. The quantitative estimate of drug-likeness (QED) is 0.736. The fourth-order valence-electron chi connectivity index (χ4n) is 3.72. The van der Waals surface area contributed by atoms with E-state index >= 15 is 0 Å². The second-order valence-corrected chi connectivity index (χ2v) is 7.56. The fraction of sp³-hybridized carbons (Fsp3) is 0.300. The van der Waals surface area contributed by atoms with Crippen LogP contribution in [0.2, 0.25) is 10.0 Å². The van der Waals surface area contributed by atoms with E-state index in [0.29, 0.717) is 28.8 Å². The molecule has 4 rings (SSSR count). The molecule has 2 fully saturated rings. The molecule has 2 amide bonds. The van der Waals surface area contributed by atoms with Crippen LogP contribution in [0.4, 0.5) is 11.4 Å². The van der Waals surface area contributed by atoms with Gasteiger partial charge in [0.05, 0.1) is 28.2 Å². The van der Waals surface area contributed by atoms with Crippen LogP contribution in [0.5, 0.6) is 0 Å². The summed E-state index contributed by atoms with van der Waals surface area (Å²) in [6.45, 7) is 2.96. The lowest BCUT2D eigenvalue weighted by molar-refractivity contribution is -0.123. The molecule has 140 valence electrons. The molecule has 0 N–H and O–H groups in total. The van der Waals surface area contributed by atoms with E-state index in [9.17, 15) is 9.59 Å². The zero-order valence-corrected chi connectivity index (χ0v) is 16.2. The molecule has 0 unspecified atom stereocenters. The normalized spacial score (nSPS) is 21.2. The van der Waals surface area contributed by atoms with Crippen LogP contribution in [0.25, 0.3) is 0 Å². The molecule has 0 radical (unpaired) electrons. The summed E-state index contributed by atoms with van der Waals surface area (Å²) in [6.07, 6.45) is 0.237. The number of anilines is 2. The average molecular weight is 404 g/mol. The van der Waals surface area contributed by atoms with Gasteiger partial charge in [0.2, 0.25) is 5.91 Å². The van der Waals surface area contributed by atoms with Gasteiger partial charge in [-0.25, -0.2) is 4.90 Å². The molecule has 0 bridgehead atoms. The minimum atomic E-state index is -0.381. The molecule has 2 aliphatic rings. The van der Waals surface area contributed by atoms with Crippen LogP contribution in [0.3, 0.4) is 0 Å². The number of hydrogen-bond donors (Lipinski definition) is 0. The highest BCUT2D eigenvalue weighted by Gasteiger charge is 2.43. The Morgan fingerprint density at radius 2 is 1.52 bits per heavy atom. The van der Waals surface area contributed by atoms with Gasteiger partial charge in [-0.3, -0.25) is 14.5 Å². The Morgan fingerprint density at radius 3 is 2.19 bits per heavy atom. The maximum absolute atomic E-state index is 12.9. The first kappa shape index (κ1) is 18.3. The Kier molecular flexibility index (Phi) is 5.08. The Labute approximate surface area is 168 Å². The van der Waals surface area contributed by atoms with E-state index in [-0.39, 0.29) is 24.3 Å². The summed E-state index contributed by atoms with van der Waals surface area (Å²) in [5.74, 6) is -0.266. The number of imide groups is 1. The number of amides is 2. The number of rotatable bonds is 3. The fourth-order valence-corrected chi connectivity index (χ4v) is 4.02. The van der Waals surface area contributed by atoms with Gasteiger partial charge in [-0.2, -0.15) is 0 Å². The third kappa shape index (κ3) is 3.55. The molecule has 7 heteroatoms. The molecule has 1 atom stereocenters. The lowest BCUT2D eigenvalue weighted by Crippen LogP contribution is -2.52. The first-order valence-corrected chi connectivity index (χ1v) is 9.66. The maximum Gasteiger partial charge on any atom is 0.251 e. The summed E-state index contributed by atoms with van der Waals surface area (Å²) >= 11 is 12.1. The van der Waals surface area contributed by atoms with Crippen molar-refractivity contribution in [2.24, 2.45) is 0 Å². The third-order valence-electron chi connectivity index (χ3n) is 5.16. The third-order valence-corrected chi connectivity index (χ3v) is 5.90. The Hall–Kier alpha value is -2.08. The summed E-state index contributed by atoms with van der Waals surface area (Å²) in [6, 6.07) is 14.3. The molecule has 0 aromatic heterocycles. The number of benzene rings is 2. The highest BCUT2D eigenvalue weighted by atomic mass is 35.5.